The molecule has 2 rings (SSSR count). The standard InChI is InChI=1S/C17H16F5NO2.ClH/c1-24-14-9-12(15(23)16(18,19)17(20,21)22)7-8-13(14)25-10-11-5-3-2-4-6-11;/h2-9,15H,10,23H2,1H3;1H/t15-;/m0./s1. The highest BCUT2D eigenvalue weighted by Crippen LogP contribution is 2.44. The first-order valence-corrected chi connectivity index (χ1v) is 7.21. The molecule has 144 valence electrons. The lowest BCUT2D eigenvalue weighted by Crippen LogP contribution is -2.45. The van der Waals surface area contributed by atoms with E-state index in [4.69, 9.17) is 15.2 Å². The summed E-state index contributed by atoms with van der Waals surface area (Å²) in [5.74, 6) is -4.84. The smallest absolute Gasteiger partial charge is 0.455 e. The van der Waals surface area contributed by atoms with Crippen LogP contribution in [0.5, 0.6) is 11.5 Å². The normalized spacial score (nSPS) is 12.9. The Hall–Kier alpha value is -2.06. The highest BCUT2D eigenvalue weighted by atomic mass is 35.5. The average molecular weight is 398 g/mol. The first-order chi connectivity index (χ1) is 11.7. The molecule has 9 heteroatoms. The number of alkyl halides is 5. The minimum absolute atomic E-state index is 0. The third-order valence-corrected chi connectivity index (χ3v) is 3.55. The van der Waals surface area contributed by atoms with Gasteiger partial charge in [0.1, 0.15) is 12.6 Å². The molecule has 0 heterocycles. The number of ether oxygens (including phenoxy) is 2. The van der Waals surface area contributed by atoms with Crippen LogP contribution in [-0.2, 0) is 6.61 Å². The second kappa shape index (κ2) is 8.55. The van der Waals surface area contributed by atoms with Gasteiger partial charge in [0.25, 0.3) is 0 Å². The molecule has 1 atom stereocenters. The fraction of sp³-hybridized carbons (Fsp3) is 0.294. The molecule has 0 saturated heterocycles. The molecule has 2 aromatic carbocycles. The van der Waals surface area contributed by atoms with Crippen LogP contribution in [0.1, 0.15) is 17.2 Å². The van der Waals surface area contributed by atoms with Gasteiger partial charge in [0.2, 0.25) is 0 Å². The van der Waals surface area contributed by atoms with Crippen molar-refractivity contribution in [2.24, 2.45) is 5.73 Å². The van der Waals surface area contributed by atoms with Crippen LogP contribution in [0.15, 0.2) is 48.5 Å². The molecular formula is C17H17ClF5NO2. The minimum atomic E-state index is -5.75. The molecule has 26 heavy (non-hydrogen) atoms. The second-order valence-corrected chi connectivity index (χ2v) is 5.28. The van der Waals surface area contributed by atoms with Crippen molar-refractivity contribution in [1.82, 2.24) is 0 Å². The van der Waals surface area contributed by atoms with Crippen LogP contribution in [0.4, 0.5) is 22.0 Å². The fourth-order valence-corrected chi connectivity index (χ4v) is 2.12. The van der Waals surface area contributed by atoms with Crippen LogP contribution in [0.3, 0.4) is 0 Å². The number of nitrogens with two attached hydrogens (primary N) is 1. The number of methoxy groups -OCH3 is 1. The van der Waals surface area contributed by atoms with Crippen LogP contribution >= 0.6 is 12.4 Å². The van der Waals surface area contributed by atoms with E-state index in [1.165, 1.54) is 13.2 Å². The maximum absolute atomic E-state index is 13.4. The average Bonchev–Trinajstić information content (AvgIpc) is 2.59. The van der Waals surface area contributed by atoms with Crippen molar-refractivity contribution in [3.8, 4) is 11.5 Å². The van der Waals surface area contributed by atoms with Gasteiger partial charge in [0.15, 0.2) is 11.5 Å². The summed E-state index contributed by atoms with van der Waals surface area (Å²) < 4.78 is 74.7. The van der Waals surface area contributed by atoms with Crippen LogP contribution < -0.4 is 15.2 Å². The Morgan fingerprint density at radius 2 is 1.58 bits per heavy atom. The van der Waals surface area contributed by atoms with Gasteiger partial charge in [-0.25, -0.2) is 0 Å². The maximum atomic E-state index is 13.4. The summed E-state index contributed by atoms with van der Waals surface area (Å²) in [6, 6.07) is 9.89. The first-order valence-electron chi connectivity index (χ1n) is 7.21. The molecule has 2 aromatic rings. The summed E-state index contributed by atoms with van der Waals surface area (Å²) >= 11 is 0. The number of benzene rings is 2. The molecule has 0 bridgehead atoms. The Morgan fingerprint density at radius 1 is 0.962 bits per heavy atom. The number of hydrogen-bond acceptors (Lipinski definition) is 3. The molecule has 0 unspecified atom stereocenters. The highest BCUT2D eigenvalue weighted by molar-refractivity contribution is 5.85. The van der Waals surface area contributed by atoms with Gasteiger partial charge in [-0.3, -0.25) is 0 Å². The predicted molar refractivity (Wildman–Crippen MR) is 88.9 cm³/mol. The highest BCUT2D eigenvalue weighted by Gasteiger charge is 2.61. The van der Waals surface area contributed by atoms with Crippen LogP contribution in [0.2, 0.25) is 0 Å². The molecule has 0 aromatic heterocycles. The SMILES string of the molecule is COc1cc([C@H](N)C(F)(F)C(F)(F)F)ccc1OCc1ccccc1.Cl. The van der Waals surface area contributed by atoms with Crippen molar-refractivity contribution < 1.29 is 31.4 Å². The predicted octanol–water partition coefficient (Wildman–Crippen LogP) is 4.89. The van der Waals surface area contributed by atoms with Gasteiger partial charge in [0, 0.05) is 0 Å². The van der Waals surface area contributed by atoms with E-state index in [0.717, 1.165) is 17.7 Å². The number of rotatable bonds is 6. The molecule has 0 spiro atoms. The Kier molecular flexibility index (Phi) is 7.23. The fourth-order valence-electron chi connectivity index (χ4n) is 2.12. The first kappa shape index (κ1) is 22.0. The second-order valence-electron chi connectivity index (χ2n) is 5.28. The lowest BCUT2D eigenvalue weighted by molar-refractivity contribution is -0.291. The molecule has 0 aliphatic rings. The zero-order valence-corrected chi connectivity index (χ0v) is 14.4. The lowest BCUT2D eigenvalue weighted by Gasteiger charge is -2.26. The maximum Gasteiger partial charge on any atom is 0.455 e. The van der Waals surface area contributed by atoms with Crippen molar-refractivity contribution in [3.63, 3.8) is 0 Å². The molecule has 2 N–H and O–H groups in total. The van der Waals surface area contributed by atoms with Gasteiger partial charge in [-0.05, 0) is 23.3 Å². The topological polar surface area (TPSA) is 44.5 Å². The van der Waals surface area contributed by atoms with E-state index in [-0.39, 0.29) is 30.5 Å². The summed E-state index contributed by atoms with van der Waals surface area (Å²) in [7, 11) is 1.25. The van der Waals surface area contributed by atoms with Crippen LogP contribution in [0.25, 0.3) is 0 Å². The van der Waals surface area contributed by atoms with Crippen LogP contribution in [0, 0.1) is 0 Å². The zero-order valence-electron chi connectivity index (χ0n) is 13.6. The van der Waals surface area contributed by atoms with E-state index in [0.29, 0.717) is 0 Å². The van der Waals surface area contributed by atoms with Crippen molar-refractivity contribution in [2.45, 2.75) is 24.7 Å². The van der Waals surface area contributed by atoms with Crippen molar-refractivity contribution in [2.75, 3.05) is 7.11 Å². The molecule has 0 aliphatic carbocycles. The van der Waals surface area contributed by atoms with Crippen molar-refractivity contribution in [3.05, 3.63) is 59.7 Å². The third-order valence-electron chi connectivity index (χ3n) is 3.55. The Labute approximate surface area is 153 Å². The molecule has 0 aliphatic heterocycles. The van der Waals surface area contributed by atoms with Gasteiger partial charge in [-0.1, -0.05) is 36.4 Å². The summed E-state index contributed by atoms with van der Waals surface area (Å²) in [6.07, 6.45) is -5.75. The summed E-state index contributed by atoms with van der Waals surface area (Å²) in [5, 5.41) is 0. The molecule has 0 saturated carbocycles. The number of hydrogen-bond donors (Lipinski definition) is 1. The molecular weight excluding hydrogens is 381 g/mol. The minimum Gasteiger partial charge on any atom is -0.493 e. The summed E-state index contributed by atoms with van der Waals surface area (Å²) in [6.45, 7) is 0.182. The van der Waals surface area contributed by atoms with E-state index in [9.17, 15) is 22.0 Å². The van der Waals surface area contributed by atoms with E-state index in [1.807, 2.05) is 30.3 Å². The molecule has 0 amide bonds. The molecule has 0 radical (unpaired) electrons. The van der Waals surface area contributed by atoms with Gasteiger partial charge in [0.05, 0.1) is 7.11 Å². The quantitative estimate of drug-likeness (QED) is 0.706. The summed E-state index contributed by atoms with van der Waals surface area (Å²) in [5.41, 5.74) is 5.58. The lowest BCUT2D eigenvalue weighted by atomic mass is 10.0. The van der Waals surface area contributed by atoms with Gasteiger partial charge in [-0.15, -0.1) is 12.4 Å². The van der Waals surface area contributed by atoms with Crippen molar-refractivity contribution >= 4 is 12.4 Å². The van der Waals surface area contributed by atoms with E-state index >= 15 is 0 Å². The van der Waals surface area contributed by atoms with Crippen molar-refractivity contribution in [1.29, 1.82) is 0 Å². The van der Waals surface area contributed by atoms with Crippen LogP contribution in [-0.4, -0.2) is 19.2 Å². The summed E-state index contributed by atoms with van der Waals surface area (Å²) in [4.78, 5) is 0. The van der Waals surface area contributed by atoms with Gasteiger partial charge in [-0.2, -0.15) is 22.0 Å². The Morgan fingerprint density at radius 3 is 2.12 bits per heavy atom. The largest absolute Gasteiger partial charge is 0.493 e. The van der Waals surface area contributed by atoms with E-state index in [2.05, 4.69) is 0 Å². The Bertz CT molecular complexity index is 710. The monoisotopic (exact) mass is 397 g/mol. The van der Waals surface area contributed by atoms with E-state index < -0.39 is 23.7 Å². The van der Waals surface area contributed by atoms with E-state index in [1.54, 1.807) is 0 Å². The van der Waals surface area contributed by atoms with Gasteiger partial charge < -0.3 is 15.2 Å². The zero-order chi connectivity index (χ0) is 18.7. The van der Waals surface area contributed by atoms with Gasteiger partial charge >= 0.3 is 12.1 Å². The number of halogens is 6. The molecule has 0 fully saturated rings. The molecule has 3 nitrogen and oxygen atoms in total. The third kappa shape index (κ3) is 4.76. The Balaban J connectivity index is 0.00000338.